The van der Waals surface area contributed by atoms with Crippen LogP contribution in [0.2, 0.25) is 0 Å². The second kappa shape index (κ2) is 7.81. The third-order valence-electron chi connectivity index (χ3n) is 4.09. The third kappa shape index (κ3) is 4.59. The van der Waals surface area contributed by atoms with E-state index in [1.807, 2.05) is 23.1 Å². The zero-order chi connectivity index (χ0) is 15.1. The fourth-order valence-corrected chi connectivity index (χ4v) is 2.48. The first kappa shape index (κ1) is 15.5. The van der Waals surface area contributed by atoms with Gasteiger partial charge in [-0.1, -0.05) is 36.8 Å². The molecular weight excluding hydrogens is 266 g/mol. The second-order valence-electron chi connectivity index (χ2n) is 5.51. The van der Waals surface area contributed by atoms with Crippen molar-refractivity contribution in [3.63, 3.8) is 0 Å². The highest BCUT2D eigenvalue weighted by Crippen LogP contribution is 2.28. The minimum atomic E-state index is -0.263. The largest absolute Gasteiger partial charge is 0.469 e. The van der Waals surface area contributed by atoms with Crippen LogP contribution in [-0.2, 0) is 20.7 Å². The van der Waals surface area contributed by atoms with Gasteiger partial charge in [-0.05, 0) is 24.8 Å². The molecule has 1 aromatic carbocycles. The van der Waals surface area contributed by atoms with Crippen LogP contribution in [0.5, 0.6) is 0 Å². The molecule has 1 amide bonds. The van der Waals surface area contributed by atoms with Gasteiger partial charge in [-0.2, -0.15) is 0 Å². The number of amides is 1. The molecule has 1 aliphatic rings. The SMILES string of the molecule is COC(=O)CCN(CCc1ccccc1)C(=O)C1CCC1. The van der Waals surface area contributed by atoms with E-state index in [2.05, 4.69) is 16.9 Å². The molecule has 0 heterocycles. The first-order valence-electron chi connectivity index (χ1n) is 7.60. The Morgan fingerprint density at radius 3 is 2.48 bits per heavy atom. The van der Waals surface area contributed by atoms with Gasteiger partial charge in [0.05, 0.1) is 13.5 Å². The van der Waals surface area contributed by atoms with Crippen LogP contribution < -0.4 is 0 Å². The van der Waals surface area contributed by atoms with E-state index in [0.717, 1.165) is 25.7 Å². The molecule has 0 unspecified atom stereocenters. The minimum absolute atomic E-state index is 0.165. The van der Waals surface area contributed by atoms with Crippen molar-refractivity contribution in [2.24, 2.45) is 5.92 Å². The van der Waals surface area contributed by atoms with Gasteiger partial charge in [0.25, 0.3) is 0 Å². The van der Waals surface area contributed by atoms with Gasteiger partial charge >= 0.3 is 5.97 Å². The molecule has 4 heteroatoms. The third-order valence-corrected chi connectivity index (χ3v) is 4.09. The van der Waals surface area contributed by atoms with Gasteiger partial charge in [-0.25, -0.2) is 0 Å². The summed E-state index contributed by atoms with van der Waals surface area (Å²) in [5.74, 6) is 0.0978. The lowest BCUT2D eigenvalue weighted by atomic mass is 9.84. The molecule has 0 bridgehead atoms. The van der Waals surface area contributed by atoms with Gasteiger partial charge in [-0.3, -0.25) is 9.59 Å². The lowest BCUT2D eigenvalue weighted by Crippen LogP contribution is -2.41. The standard InChI is InChI=1S/C17H23NO3/c1-21-16(19)11-13-18(17(20)15-8-5-9-15)12-10-14-6-3-2-4-7-14/h2-4,6-7,15H,5,8-13H2,1H3. The van der Waals surface area contributed by atoms with E-state index in [1.54, 1.807) is 0 Å². The maximum absolute atomic E-state index is 12.4. The van der Waals surface area contributed by atoms with Crippen LogP contribution in [0.4, 0.5) is 0 Å². The summed E-state index contributed by atoms with van der Waals surface area (Å²) in [4.78, 5) is 25.6. The first-order valence-corrected chi connectivity index (χ1v) is 7.60. The van der Waals surface area contributed by atoms with Gasteiger partial charge in [-0.15, -0.1) is 0 Å². The summed E-state index contributed by atoms with van der Waals surface area (Å²) in [5, 5.41) is 0. The predicted molar refractivity (Wildman–Crippen MR) is 80.7 cm³/mol. The Hall–Kier alpha value is -1.84. The first-order chi connectivity index (χ1) is 10.2. The molecule has 0 atom stereocenters. The number of hydrogen-bond acceptors (Lipinski definition) is 3. The zero-order valence-electron chi connectivity index (χ0n) is 12.6. The average molecular weight is 289 g/mol. The number of hydrogen-bond donors (Lipinski definition) is 0. The summed E-state index contributed by atoms with van der Waals surface area (Å²) in [6.07, 6.45) is 4.20. The summed E-state index contributed by atoms with van der Waals surface area (Å²) in [7, 11) is 1.38. The van der Waals surface area contributed by atoms with Gasteiger partial charge in [0.15, 0.2) is 0 Å². The molecule has 21 heavy (non-hydrogen) atoms. The Bertz CT molecular complexity index is 468. The van der Waals surface area contributed by atoms with Crippen molar-refractivity contribution < 1.29 is 14.3 Å². The van der Waals surface area contributed by atoms with Crippen molar-refractivity contribution in [1.29, 1.82) is 0 Å². The highest BCUT2D eigenvalue weighted by Gasteiger charge is 2.29. The summed E-state index contributed by atoms with van der Waals surface area (Å²) in [6.45, 7) is 1.12. The number of methoxy groups -OCH3 is 1. The summed E-state index contributed by atoms with van der Waals surface area (Å²) in [6, 6.07) is 10.1. The summed E-state index contributed by atoms with van der Waals surface area (Å²) < 4.78 is 4.67. The molecule has 0 saturated heterocycles. The molecule has 0 radical (unpaired) electrons. The fraction of sp³-hybridized carbons (Fsp3) is 0.529. The quantitative estimate of drug-likeness (QED) is 0.724. The molecule has 1 aromatic rings. The van der Waals surface area contributed by atoms with Crippen LogP contribution in [-0.4, -0.2) is 37.0 Å². The van der Waals surface area contributed by atoms with Crippen LogP contribution in [0.15, 0.2) is 30.3 Å². The summed E-state index contributed by atoms with van der Waals surface area (Å²) in [5.41, 5.74) is 1.21. The highest BCUT2D eigenvalue weighted by atomic mass is 16.5. The number of rotatable bonds is 7. The van der Waals surface area contributed by atoms with Crippen LogP contribution in [0, 0.1) is 5.92 Å². The van der Waals surface area contributed by atoms with Crippen molar-refractivity contribution >= 4 is 11.9 Å². The molecule has 2 rings (SSSR count). The lowest BCUT2D eigenvalue weighted by Gasteiger charge is -2.31. The predicted octanol–water partition coefficient (Wildman–Crippen LogP) is 2.42. The van der Waals surface area contributed by atoms with Crippen LogP contribution in [0.3, 0.4) is 0 Å². The second-order valence-corrected chi connectivity index (χ2v) is 5.51. The Balaban J connectivity index is 1.90. The molecule has 1 saturated carbocycles. The van der Waals surface area contributed by atoms with E-state index >= 15 is 0 Å². The Kier molecular flexibility index (Phi) is 5.78. The molecule has 0 aromatic heterocycles. The molecular formula is C17H23NO3. The van der Waals surface area contributed by atoms with E-state index < -0.39 is 0 Å². The highest BCUT2D eigenvalue weighted by molar-refractivity contribution is 5.80. The van der Waals surface area contributed by atoms with E-state index in [9.17, 15) is 9.59 Å². The monoisotopic (exact) mass is 289 g/mol. The minimum Gasteiger partial charge on any atom is -0.469 e. The number of ether oxygens (including phenoxy) is 1. The van der Waals surface area contributed by atoms with E-state index in [4.69, 9.17) is 0 Å². The maximum Gasteiger partial charge on any atom is 0.307 e. The van der Waals surface area contributed by atoms with Crippen molar-refractivity contribution in [2.75, 3.05) is 20.2 Å². The Morgan fingerprint density at radius 1 is 1.19 bits per heavy atom. The van der Waals surface area contributed by atoms with Gasteiger partial charge in [0.2, 0.25) is 5.91 Å². The topological polar surface area (TPSA) is 46.6 Å². The van der Waals surface area contributed by atoms with Crippen molar-refractivity contribution in [3.05, 3.63) is 35.9 Å². The zero-order valence-corrected chi connectivity index (χ0v) is 12.6. The average Bonchev–Trinajstić information content (AvgIpc) is 2.46. The molecule has 1 fully saturated rings. The number of nitrogens with zero attached hydrogens (tertiary/aromatic N) is 1. The number of benzene rings is 1. The molecule has 1 aliphatic carbocycles. The molecule has 0 N–H and O–H groups in total. The maximum atomic E-state index is 12.4. The van der Waals surface area contributed by atoms with Crippen LogP contribution in [0.1, 0.15) is 31.2 Å². The lowest BCUT2D eigenvalue weighted by molar-refractivity contribution is -0.143. The molecule has 0 aliphatic heterocycles. The number of esters is 1. The smallest absolute Gasteiger partial charge is 0.307 e. The van der Waals surface area contributed by atoms with Crippen molar-refractivity contribution in [3.8, 4) is 0 Å². The molecule has 4 nitrogen and oxygen atoms in total. The normalized spacial score (nSPS) is 14.3. The van der Waals surface area contributed by atoms with E-state index in [1.165, 1.54) is 12.7 Å². The molecule has 0 spiro atoms. The Labute approximate surface area is 126 Å². The fourth-order valence-electron chi connectivity index (χ4n) is 2.48. The molecule has 114 valence electrons. The summed E-state index contributed by atoms with van der Waals surface area (Å²) >= 11 is 0. The van der Waals surface area contributed by atoms with E-state index in [-0.39, 0.29) is 24.2 Å². The van der Waals surface area contributed by atoms with Crippen molar-refractivity contribution in [2.45, 2.75) is 32.1 Å². The van der Waals surface area contributed by atoms with Crippen LogP contribution >= 0.6 is 0 Å². The number of carbonyl (C=O) groups is 2. The number of carbonyl (C=O) groups excluding carboxylic acids is 2. The van der Waals surface area contributed by atoms with Crippen LogP contribution in [0.25, 0.3) is 0 Å². The van der Waals surface area contributed by atoms with Crippen molar-refractivity contribution in [1.82, 2.24) is 4.90 Å². The Morgan fingerprint density at radius 2 is 1.90 bits per heavy atom. The van der Waals surface area contributed by atoms with Gasteiger partial charge in [0, 0.05) is 19.0 Å². The van der Waals surface area contributed by atoms with E-state index in [0.29, 0.717) is 13.1 Å². The van der Waals surface area contributed by atoms with Gasteiger partial charge < -0.3 is 9.64 Å². The van der Waals surface area contributed by atoms with Gasteiger partial charge in [0.1, 0.15) is 0 Å².